The molecule has 0 N–H and O–H groups in total. The fourth-order valence-corrected chi connectivity index (χ4v) is 1.48. The zero-order valence-corrected chi connectivity index (χ0v) is 8.54. The molecule has 0 heterocycles. The van der Waals surface area contributed by atoms with Crippen LogP contribution >= 0.6 is 46.4 Å². The van der Waals surface area contributed by atoms with Gasteiger partial charge < -0.3 is 0 Å². The van der Waals surface area contributed by atoms with E-state index in [1.54, 1.807) is 6.92 Å². The zero-order chi connectivity index (χ0) is 8.59. The molecular formula is C7H3Cl4. The Morgan fingerprint density at radius 2 is 1.45 bits per heavy atom. The number of benzene rings is 1. The van der Waals surface area contributed by atoms with Gasteiger partial charge in [0, 0.05) is 6.07 Å². The lowest BCUT2D eigenvalue weighted by molar-refractivity contribution is 1.46. The van der Waals surface area contributed by atoms with Gasteiger partial charge in [0.25, 0.3) is 0 Å². The molecule has 0 fully saturated rings. The number of hydrogen-bond donors (Lipinski definition) is 0. The molecule has 4 heteroatoms. The van der Waals surface area contributed by atoms with Crippen LogP contribution in [-0.2, 0) is 0 Å². The van der Waals surface area contributed by atoms with Crippen molar-refractivity contribution < 1.29 is 0 Å². The number of aryl methyl sites for hydroxylation is 1. The number of rotatable bonds is 0. The topological polar surface area (TPSA) is 0 Å². The van der Waals surface area contributed by atoms with Gasteiger partial charge in [0.15, 0.2) is 0 Å². The van der Waals surface area contributed by atoms with Gasteiger partial charge in [-0.1, -0.05) is 46.4 Å². The van der Waals surface area contributed by atoms with E-state index < -0.39 is 0 Å². The van der Waals surface area contributed by atoms with Gasteiger partial charge in [-0.15, -0.1) is 0 Å². The lowest BCUT2D eigenvalue weighted by atomic mass is 10.2. The fraction of sp³-hybridized carbons (Fsp3) is 0.143. The van der Waals surface area contributed by atoms with Crippen molar-refractivity contribution in [1.29, 1.82) is 0 Å². The minimum Gasteiger partial charge on any atom is -0.0823 e. The maximum atomic E-state index is 5.75. The Hall–Kier alpha value is 0.380. The molecule has 0 unspecified atom stereocenters. The highest BCUT2D eigenvalue weighted by Crippen LogP contribution is 2.37. The van der Waals surface area contributed by atoms with Gasteiger partial charge in [-0.2, -0.15) is 0 Å². The van der Waals surface area contributed by atoms with Crippen molar-refractivity contribution in [3.05, 3.63) is 31.7 Å². The molecule has 1 rings (SSSR count). The molecule has 0 amide bonds. The number of hydrogen-bond acceptors (Lipinski definition) is 0. The maximum Gasteiger partial charge on any atom is 0.0800 e. The minimum absolute atomic E-state index is 0.254. The monoisotopic (exact) mass is 227 g/mol. The van der Waals surface area contributed by atoms with E-state index >= 15 is 0 Å². The highest BCUT2D eigenvalue weighted by atomic mass is 35.5. The summed E-state index contributed by atoms with van der Waals surface area (Å²) in [5, 5.41) is 1.25. The Balaban J connectivity index is 3.46. The standard InChI is InChI=1S/C7H3Cl4/c1-3-2-4(8)6(10)7(11)5(3)9/h1H3. The zero-order valence-electron chi connectivity index (χ0n) is 5.51. The second kappa shape index (κ2) is 3.40. The van der Waals surface area contributed by atoms with Crippen molar-refractivity contribution in [3.63, 3.8) is 0 Å². The van der Waals surface area contributed by atoms with E-state index in [4.69, 9.17) is 46.4 Å². The van der Waals surface area contributed by atoms with Gasteiger partial charge >= 0.3 is 0 Å². The van der Waals surface area contributed by atoms with E-state index in [1.807, 2.05) is 0 Å². The average molecular weight is 229 g/mol. The van der Waals surface area contributed by atoms with Crippen LogP contribution in [0.5, 0.6) is 0 Å². The number of halogens is 4. The third-order valence-corrected chi connectivity index (χ3v) is 3.01. The Morgan fingerprint density at radius 1 is 0.909 bits per heavy atom. The molecule has 1 aromatic rings. The molecule has 0 bridgehead atoms. The Morgan fingerprint density at radius 3 is 2.00 bits per heavy atom. The van der Waals surface area contributed by atoms with Gasteiger partial charge in [0.2, 0.25) is 0 Å². The lowest BCUT2D eigenvalue weighted by Crippen LogP contribution is -1.80. The highest BCUT2D eigenvalue weighted by molar-refractivity contribution is 6.51. The Labute approximate surface area is 85.0 Å². The highest BCUT2D eigenvalue weighted by Gasteiger charge is 2.10. The summed E-state index contributed by atoms with van der Waals surface area (Å²) in [4.78, 5) is 0. The van der Waals surface area contributed by atoms with Crippen LogP contribution in [0.4, 0.5) is 0 Å². The van der Waals surface area contributed by atoms with Crippen LogP contribution in [0.1, 0.15) is 5.56 Å². The first-order chi connectivity index (χ1) is 5.04. The third kappa shape index (κ3) is 1.75. The molecule has 0 aliphatic heterocycles. The molecule has 0 aliphatic carbocycles. The maximum absolute atomic E-state index is 5.75. The molecule has 0 aliphatic rings. The summed E-state index contributed by atoms with van der Waals surface area (Å²) in [7, 11) is 0. The summed E-state index contributed by atoms with van der Waals surface area (Å²) in [6.07, 6.45) is 0. The van der Waals surface area contributed by atoms with E-state index in [9.17, 15) is 0 Å². The largest absolute Gasteiger partial charge is 0.0823 e. The van der Waals surface area contributed by atoms with Crippen LogP contribution in [0.25, 0.3) is 0 Å². The Kier molecular flexibility index (Phi) is 2.93. The molecule has 0 saturated heterocycles. The fourth-order valence-electron chi connectivity index (χ4n) is 0.632. The van der Waals surface area contributed by atoms with E-state index in [1.165, 1.54) is 0 Å². The molecule has 0 atom stereocenters. The van der Waals surface area contributed by atoms with Crippen LogP contribution in [0.15, 0.2) is 0 Å². The molecule has 0 aromatic heterocycles. The van der Waals surface area contributed by atoms with Crippen LogP contribution in [0, 0.1) is 13.0 Å². The van der Waals surface area contributed by atoms with Gasteiger partial charge in [-0.25, -0.2) is 0 Å². The van der Waals surface area contributed by atoms with Crippen LogP contribution in [-0.4, -0.2) is 0 Å². The van der Waals surface area contributed by atoms with Gasteiger partial charge in [-0.3, -0.25) is 0 Å². The second-order valence-corrected chi connectivity index (χ2v) is 3.52. The first-order valence-electron chi connectivity index (χ1n) is 2.76. The minimum atomic E-state index is 0.254. The second-order valence-electron chi connectivity index (χ2n) is 2.01. The summed E-state index contributed by atoms with van der Waals surface area (Å²) >= 11 is 22.8. The summed E-state index contributed by atoms with van der Waals surface area (Å²) in [5.41, 5.74) is 0.700. The van der Waals surface area contributed by atoms with Crippen molar-refractivity contribution in [1.82, 2.24) is 0 Å². The summed E-state index contributed by atoms with van der Waals surface area (Å²) < 4.78 is 0. The van der Waals surface area contributed by atoms with Gasteiger partial charge in [-0.05, 0) is 12.5 Å². The van der Waals surface area contributed by atoms with E-state index in [2.05, 4.69) is 6.07 Å². The van der Waals surface area contributed by atoms with Crippen LogP contribution in [0.3, 0.4) is 0 Å². The molecule has 1 aromatic carbocycles. The molecule has 11 heavy (non-hydrogen) atoms. The smallest absolute Gasteiger partial charge is 0.0800 e. The van der Waals surface area contributed by atoms with Crippen molar-refractivity contribution in [2.24, 2.45) is 0 Å². The van der Waals surface area contributed by atoms with E-state index in [-0.39, 0.29) is 10.0 Å². The predicted molar refractivity (Wildman–Crippen MR) is 50.1 cm³/mol. The molecule has 1 radical (unpaired) electrons. The Bertz CT molecular complexity index is 267. The van der Waals surface area contributed by atoms with Crippen molar-refractivity contribution in [2.45, 2.75) is 6.92 Å². The summed E-state index contributed by atoms with van der Waals surface area (Å²) in [6.45, 7) is 1.76. The molecule has 0 spiro atoms. The summed E-state index contributed by atoms with van der Waals surface area (Å²) in [5.74, 6) is 0. The van der Waals surface area contributed by atoms with Crippen LogP contribution in [0.2, 0.25) is 20.1 Å². The van der Waals surface area contributed by atoms with Gasteiger partial charge in [0.1, 0.15) is 0 Å². The van der Waals surface area contributed by atoms with Crippen LogP contribution < -0.4 is 0 Å². The summed E-state index contributed by atoms with van der Waals surface area (Å²) in [6, 6.07) is 2.76. The van der Waals surface area contributed by atoms with Crippen molar-refractivity contribution in [2.75, 3.05) is 0 Å². The molecular weight excluding hydrogens is 226 g/mol. The molecule has 0 saturated carbocycles. The SMILES string of the molecule is Cc1[c]c(Cl)c(Cl)c(Cl)c1Cl. The predicted octanol–water partition coefficient (Wildman–Crippen LogP) is 4.41. The molecule has 59 valence electrons. The van der Waals surface area contributed by atoms with E-state index in [0.717, 1.165) is 0 Å². The van der Waals surface area contributed by atoms with E-state index in [0.29, 0.717) is 15.6 Å². The first-order valence-corrected chi connectivity index (χ1v) is 4.27. The normalized spacial score (nSPS) is 10.3. The van der Waals surface area contributed by atoms with Crippen molar-refractivity contribution >= 4 is 46.4 Å². The first kappa shape index (κ1) is 9.47. The quantitative estimate of drug-likeness (QED) is 0.456. The van der Waals surface area contributed by atoms with Crippen molar-refractivity contribution in [3.8, 4) is 0 Å². The van der Waals surface area contributed by atoms with Gasteiger partial charge in [0.05, 0.1) is 20.1 Å². The average Bonchev–Trinajstić information content (AvgIpc) is 1.97. The molecule has 0 nitrogen and oxygen atoms in total. The lowest BCUT2D eigenvalue weighted by Gasteiger charge is -2.03. The third-order valence-electron chi connectivity index (χ3n) is 1.20.